The molecule has 2 fully saturated rings. The van der Waals surface area contributed by atoms with Crippen molar-refractivity contribution in [3.05, 3.63) is 29.6 Å². The van der Waals surface area contributed by atoms with Crippen molar-refractivity contribution in [1.82, 2.24) is 9.88 Å². The largest absolute Gasteiger partial charge is 0.335 e. The topological polar surface area (TPSA) is 59.2 Å². The zero-order chi connectivity index (χ0) is 13.2. The lowest BCUT2D eigenvalue weighted by atomic mass is 10.1. The predicted octanol–water partition coefficient (Wildman–Crippen LogP) is 1.02. The molecule has 98 valence electrons. The second kappa shape index (κ2) is 5.02. The number of pyridine rings is 1. The average molecular weight is 255 g/mol. The second-order valence-electron chi connectivity index (χ2n) is 5.26. The third-order valence-corrected chi connectivity index (χ3v) is 3.99. The van der Waals surface area contributed by atoms with E-state index in [9.17, 15) is 4.79 Å². The van der Waals surface area contributed by atoms with Gasteiger partial charge in [0.05, 0.1) is 12.1 Å². The van der Waals surface area contributed by atoms with Gasteiger partial charge in [-0.1, -0.05) is 11.8 Å². The number of nitrogens with zero attached hydrogens (tertiary/aromatic N) is 2. The lowest BCUT2D eigenvalue weighted by Gasteiger charge is -2.26. The van der Waals surface area contributed by atoms with Gasteiger partial charge in [-0.25, -0.2) is 0 Å². The number of amides is 1. The monoisotopic (exact) mass is 255 g/mol. The zero-order valence-electron chi connectivity index (χ0n) is 10.8. The van der Waals surface area contributed by atoms with Crippen LogP contribution in [0, 0.1) is 17.8 Å². The molecule has 19 heavy (non-hydrogen) atoms. The van der Waals surface area contributed by atoms with Crippen molar-refractivity contribution in [3.8, 4) is 11.8 Å². The molecule has 2 aliphatic rings. The van der Waals surface area contributed by atoms with Crippen LogP contribution in [0.3, 0.4) is 0 Å². The van der Waals surface area contributed by atoms with E-state index in [4.69, 9.17) is 5.73 Å². The number of piperidine rings is 1. The minimum atomic E-state index is 0.0936. The number of hydrogen-bond donors (Lipinski definition) is 1. The molecule has 0 spiro atoms. The van der Waals surface area contributed by atoms with Gasteiger partial charge in [0, 0.05) is 30.5 Å². The molecule has 1 aliphatic heterocycles. The van der Waals surface area contributed by atoms with Crippen LogP contribution in [-0.2, 0) is 0 Å². The van der Waals surface area contributed by atoms with E-state index in [2.05, 4.69) is 16.8 Å². The molecule has 2 N–H and O–H groups in total. The molecule has 2 atom stereocenters. The summed E-state index contributed by atoms with van der Waals surface area (Å²) in [5.41, 5.74) is 6.73. The molecule has 2 unspecified atom stereocenters. The molecule has 1 amide bonds. The van der Waals surface area contributed by atoms with E-state index in [0.717, 1.165) is 18.5 Å². The van der Waals surface area contributed by atoms with Crippen LogP contribution in [0.2, 0.25) is 0 Å². The quantitative estimate of drug-likeness (QED) is 0.762. The summed E-state index contributed by atoms with van der Waals surface area (Å²) in [5, 5.41) is 0. The number of hydrogen-bond acceptors (Lipinski definition) is 3. The van der Waals surface area contributed by atoms with E-state index < -0.39 is 0 Å². The van der Waals surface area contributed by atoms with E-state index in [1.54, 1.807) is 12.4 Å². The standard InChI is InChI=1S/C15H17N3O/c16-5-1-2-11-6-13(9-17-8-11)15(19)18-10-12-3-4-14(18)7-12/h6,8-9,12,14H,3-5,7,10,16H2. The number of fused-ring (bicyclic) bond motifs is 2. The van der Waals surface area contributed by atoms with Crippen molar-refractivity contribution >= 4 is 5.91 Å². The summed E-state index contributed by atoms with van der Waals surface area (Å²) in [6.45, 7) is 1.22. The summed E-state index contributed by atoms with van der Waals surface area (Å²) in [5.74, 6) is 6.50. The van der Waals surface area contributed by atoms with Gasteiger partial charge < -0.3 is 10.6 Å². The van der Waals surface area contributed by atoms with Crippen LogP contribution in [0.15, 0.2) is 18.5 Å². The Kier molecular flexibility index (Phi) is 3.22. The minimum Gasteiger partial charge on any atom is -0.335 e. The molecule has 4 heteroatoms. The Balaban J connectivity index is 1.80. The Hall–Kier alpha value is -1.86. The summed E-state index contributed by atoms with van der Waals surface area (Å²) < 4.78 is 0. The summed E-state index contributed by atoms with van der Waals surface area (Å²) in [4.78, 5) is 18.6. The summed E-state index contributed by atoms with van der Waals surface area (Å²) >= 11 is 0. The van der Waals surface area contributed by atoms with Gasteiger partial charge in [-0.2, -0.15) is 0 Å². The molecule has 0 radical (unpaired) electrons. The highest BCUT2D eigenvalue weighted by molar-refractivity contribution is 5.94. The molecule has 2 heterocycles. The van der Waals surface area contributed by atoms with E-state index in [1.807, 2.05) is 11.0 Å². The van der Waals surface area contributed by atoms with Crippen molar-refractivity contribution in [3.63, 3.8) is 0 Å². The first-order valence-corrected chi connectivity index (χ1v) is 6.73. The first-order valence-electron chi connectivity index (χ1n) is 6.73. The van der Waals surface area contributed by atoms with Gasteiger partial charge in [0.1, 0.15) is 0 Å². The average Bonchev–Trinajstić information content (AvgIpc) is 3.07. The fraction of sp³-hybridized carbons (Fsp3) is 0.467. The maximum Gasteiger partial charge on any atom is 0.255 e. The van der Waals surface area contributed by atoms with Gasteiger partial charge in [-0.05, 0) is 31.2 Å². The summed E-state index contributed by atoms with van der Waals surface area (Å²) in [6.07, 6.45) is 6.88. The van der Waals surface area contributed by atoms with Crippen LogP contribution in [-0.4, -0.2) is 34.9 Å². The fourth-order valence-corrected chi connectivity index (χ4v) is 3.12. The molecular weight excluding hydrogens is 238 g/mol. The molecule has 1 aromatic rings. The number of nitrogens with two attached hydrogens (primary N) is 1. The number of likely N-dealkylation sites (tertiary alicyclic amines) is 1. The van der Waals surface area contributed by atoms with Crippen molar-refractivity contribution in [1.29, 1.82) is 0 Å². The zero-order valence-corrected chi connectivity index (χ0v) is 10.8. The lowest BCUT2D eigenvalue weighted by molar-refractivity contribution is 0.0703. The Labute approximate surface area is 113 Å². The maximum absolute atomic E-state index is 12.5. The SMILES string of the molecule is NCC#Cc1cncc(C(=O)N2CC3CCC2C3)c1. The number of aromatic nitrogens is 1. The van der Waals surface area contributed by atoms with E-state index in [0.29, 0.717) is 24.1 Å². The number of carbonyl (C=O) groups is 1. The van der Waals surface area contributed by atoms with Crippen LogP contribution >= 0.6 is 0 Å². The molecule has 3 rings (SSSR count). The van der Waals surface area contributed by atoms with Crippen LogP contribution in [0.1, 0.15) is 35.2 Å². The second-order valence-corrected chi connectivity index (χ2v) is 5.26. The van der Waals surface area contributed by atoms with Gasteiger partial charge in [0.15, 0.2) is 0 Å². The third kappa shape index (κ3) is 2.34. The third-order valence-electron chi connectivity index (χ3n) is 3.99. The molecule has 1 saturated heterocycles. The van der Waals surface area contributed by atoms with E-state index in [-0.39, 0.29) is 5.91 Å². The summed E-state index contributed by atoms with van der Waals surface area (Å²) in [7, 11) is 0. The molecule has 4 nitrogen and oxygen atoms in total. The van der Waals surface area contributed by atoms with Gasteiger partial charge in [0.25, 0.3) is 5.91 Å². The maximum atomic E-state index is 12.5. The summed E-state index contributed by atoms with van der Waals surface area (Å²) in [6, 6.07) is 2.25. The molecular formula is C15H17N3O. The van der Waals surface area contributed by atoms with Gasteiger partial charge in [-0.15, -0.1) is 0 Å². The van der Waals surface area contributed by atoms with Gasteiger partial charge in [0.2, 0.25) is 0 Å². The van der Waals surface area contributed by atoms with Gasteiger partial charge >= 0.3 is 0 Å². The number of rotatable bonds is 1. The predicted molar refractivity (Wildman–Crippen MR) is 72.3 cm³/mol. The fourth-order valence-electron chi connectivity index (χ4n) is 3.12. The highest BCUT2D eigenvalue weighted by Crippen LogP contribution is 2.37. The normalized spacial score (nSPS) is 24.2. The first kappa shape index (κ1) is 12.2. The lowest BCUT2D eigenvalue weighted by Crippen LogP contribution is -2.37. The van der Waals surface area contributed by atoms with Crippen molar-refractivity contribution in [2.75, 3.05) is 13.1 Å². The molecule has 1 aromatic heterocycles. The van der Waals surface area contributed by atoms with Gasteiger partial charge in [-0.3, -0.25) is 9.78 Å². The van der Waals surface area contributed by atoms with Crippen molar-refractivity contribution in [2.24, 2.45) is 11.7 Å². The highest BCUT2D eigenvalue weighted by atomic mass is 16.2. The molecule has 1 saturated carbocycles. The Bertz CT molecular complexity index is 558. The van der Waals surface area contributed by atoms with Crippen LogP contribution in [0.5, 0.6) is 0 Å². The van der Waals surface area contributed by atoms with Crippen LogP contribution in [0.25, 0.3) is 0 Å². The van der Waals surface area contributed by atoms with Crippen molar-refractivity contribution in [2.45, 2.75) is 25.3 Å². The highest BCUT2D eigenvalue weighted by Gasteiger charge is 2.40. The first-order chi connectivity index (χ1) is 9.28. The van der Waals surface area contributed by atoms with Crippen molar-refractivity contribution < 1.29 is 4.79 Å². The van der Waals surface area contributed by atoms with E-state index >= 15 is 0 Å². The minimum absolute atomic E-state index is 0.0936. The van der Waals surface area contributed by atoms with Crippen LogP contribution in [0.4, 0.5) is 0 Å². The Morgan fingerprint density at radius 3 is 3.05 bits per heavy atom. The number of carbonyl (C=O) groups excluding carboxylic acids is 1. The Morgan fingerprint density at radius 1 is 1.47 bits per heavy atom. The van der Waals surface area contributed by atoms with E-state index in [1.165, 1.54) is 12.8 Å². The molecule has 2 bridgehead atoms. The Morgan fingerprint density at radius 2 is 2.37 bits per heavy atom. The van der Waals surface area contributed by atoms with Crippen LogP contribution < -0.4 is 5.73 Å². The molecule has 0 aromatic carbocycles. The smallest absolute Gasteiger partial charge is 0.255 e. The molecule has 1 aliphatic carbocycles.